The van der Waals surface area contributed by atoms with E-state index in [1.54, 1.807) is 12.4 Å². The standard InChI is InChI=1S/C25H23N7O/c1-15-22(30-20(13-29-15)17-7-8-28-21(10-17)25(2,3)14-26)24-32-31-23(33-24)18-6-4-5-16(9-18)19-11-27-12-19/h4-10,13,19,27H,11-12H2,1-3H3. The largest absolute Gasteiger partial charge is 0.415 e. The Bertz CT molecular complexity index is 1370. The van der Waals surface area contributed by atoms with Gasteiger partial charge in [-0.3, -0.25) is 9.97 Å². The molecule has 0 aliphatic carbocycles. The van der Waals surface area contributed by atoms with Crippen LogP contribution in [0.1, 0.15) is 36.7 Å². The summed E-state index contributed by atoms with van der Waals surface area (Å²) in [4.78, 5) is 13.6. The Morgan fingerprint density at radius 2 is 1.88 bits per heavy atom. The van der Waals surface area contributed by atoms with E-state index >= 15 is 0 Å². The molecule has 0 saturated carbocycles. The van der Waals surface area contributed by atoms with Crippen molar-refractivity contribution in [1.82, 2.24) is 30.5 Å². The first kappa shape index (κ1) is 20.9. The van der Waals surface area contributed by atoms with Crippen LogP contribution < -0.4 is 5.32 Å². The van der Waals surface area contributed by atoms with Gasteiger partial charge in [0.1, 0.15) is 5.69 Å². The average molecular weight is 438 g/mol. The Hall–Kier alpha value is -3.96. The first-order valence-electron chi connectivity index (χ1n) is 10.8. The molecule has 4 aromatic rings. The summed E-state index contributed by atoms with van der Waals surface area (Å²) in [6, 6.07) is 14.2. The highest BCUT2D eigenvalue weighted by atomic mass is 16.4. The van der Waals surface area contributed by atoms with Crippen molar-refractivity contribution >= 4 is 0 Å². The van der Waals surface area contributed by atoms with Gasteiger partial charge < -0.3 is 9.73 Å². The van der Waals surface area contributed by atoms with Crippen molar-refractivity contribution in [2.24, 2.45) is 0 Å². The topological polar surface area (TPSA) is 113 Å². The summed E-state index contributed by atoms with van der Waals surface area (Å²) < 4.78 is 6.01. The molecule has 1 aliphatic heterocycles. The molecule has 5 rings (SSSR count). The van der Waals surface area contributed by atoms with Gasteiger partial charge in [-0.15, -0.1) is 10.2 Å². The van der Waals surface area contributed by atoms with Gasteiger partial charge in [-0.2, -0.15) is 5.26 Å². The second-order valence-electron chi connectivity index (χ2n) is 8.75. The zero-order valence-corrected chi connectivity index (χ0v) is 18.7. The van der Waals surface area contributed by atoms with Gasteiger partial charge >= 0.3 is 0 Å². The van der Waals surface area contributed by atoms with Crippen LogP contribution in [0.4, 0.5) is 0 Å². The SMILES string of the molecule is Cc1ncc(-c2ccnc(C(C)(C)C#N)c2)nc1-c1nnc(-c2cccc(C3CNC3)c2)o1. The zero-order valence-electron chi connectivity index (χ0n) is 18.7. The zero-order chi connectivity index (χ0) is 23.0. The van der Waals surface area contributed by atoms with Crippen molar-refractivity contribution in [3.63, 3.8) is 0 Å². The van der Waals surface area contributed by atoms with Crippen molar-refractivity contribution in [3.05, 3.63) is 65.7 Å². The number of nitriles is 1. The molecule has 1 aromatic carbocycles. The van der Waals surface area contributed by atoms with Gasteiger partial charge in [0.2, 0.25) is 5.89 Å². The summed E-state index contributed by atoms with van der Waals surface area (Å²) in [7, 11) is 0. The van der Waals surface area contributed by atoms with Crippen LogP contribution in [0.3, 0.4) is 0 Å². The fourth-order valence-electron chi connectivity index (χ4n) is 3.67. The summed E-state index contributed by atoms with van der Waals surface area (Å²) in [6.07, 6.45) is 3.38. The third kappa shape index (κ3) is 3.99. The normalized spacial score (nSPS) is 14.0. The maximum Gasteiger partial charge on any atom is 0.268 e. The van der Waals surface area contributed by atoms with E-state index in [0.717, 1.165) is 24.2 Å². The monoisotopic (exact) mass is 437 g/mol. The molecule has 8 heteroatoms. The first-order chi connectivity index (χ1) is 15.9. The van der Waals surface area contributed by atoms with Crippen molar-refractivity contribution in [3.8, 4) is 40.4 Å². The number of nitrogens with zero attached hydrogens (tertiary/aromatic N) is 6. The third-order valence-electron chi connectivity index (χ3n) is 5.95. The minimum absolute atomic E-state index is 0.319. The maximum absolute atomic E-state index is 9.45. The molecule has 1 saturated heterocycles. The van der Waals surface area contributed by atoms with E-state index in [0.29, 0.717) is 40.5 Å². The number of aryl methyl sites for hydroxylation is 1. The van der Waals surface area contributed by atoms with Gasteiger partial charge in [0.05, 0.1) is 34.8 Å². The lowest BCUT2D eigenvalue weighted by molar-refractivity contribution is 0.448. The predicted octanol–water partition coefficient (Wildman–Crippen LogP) is 4.05. The molecule has 1 fully saturated rings. The average Bonchev–Trinajstić information content (AvgIpc) is 3.29. The molecule has 0 spiro atoms. The molecule has 4 heterocycles. The Kier molecular flexibility index (Phi) is 5.19. The molecule has 8 nitrogen and oxygen atoms in total. The molecule has 0 unspecified atom stereocenters. The predicted molar refractivity (Wildman–Crippen MR) is 123 cm³/mol. The molecule has 164 valence electrons. The van der Waals surface area contributed by atoms with Gasteiger partial charge in [-0.05, 0) is 50.6 Å². The lowest BCUT2D eigenvalue weighted by Crippen LogP contribution is -2.39. The molecule has 0 radical (unpaired) electrons. The Balaban J connectivity index is 1.49. The summed E-state index contributed by atoms with van der Waals surface area (Å²) in [6.45, 7) is 7.51. The van der Waals surface area contributed by atoms with Crippen LogP contribution in [0.25, 0.3) is 34.3 Å². The number of aromatic nitrogens is 5. The Morgan fingerprint density at radius 3 is 2.64 bits per heavy atom. The van der Waals surface area contributed by atoms with Gasteiger partial charge in [0.15, 0.2) is 0 Å². The van der Waals surface area contributed by atoms with Crippen molar-refractivity contribution in [2.75, 3.05) is 13.1 Å². The molecule has 0 atom stereocenters. The molecule has 1 aliphatic rings. The summed E-state index contributed by atoms with van der Waals surface area (Å²) in [5.41, 5.74) is 4.80. The van der Waals surface area contributed by atoms with E-state index in [1.807, 2.05) is 45.0 Å². The van der Waals surface area contributed by atoms with Crippen LogP contribution in [0.5, 0.6) is 0 Å². The molecule has 0 bridgehead atoms. The third-order valence-corrected chi connectivity index (χ3v) is 5.95. The van der Waals surface area contributed by atoms with E-state index in [9.17, 15) is 5.26 Å². The van der Waals surface area contributed by atoms with Crippen LogP contribution in [0.15, 0.2) is 53.2 Å². The number of benzene rings is 1. The van der Waals surface area contributed by atoms with E-state index in [2.05, 4.69) is 43.7 Å². The quantitative estimate of drug-likeness (QED) is 0.497. The van der Waals surface area contributed by atoms with Crippen molar-refractivity contribution in [2.45, 2.75) is 32.1 Å². The fourth-order valence-corrected chi connectivity index (χ4v) is 3.67. The van der Waals surface area contributed by atoms with Crippen LogP contribution in [0, 0.1) is 18.3 Å². The molecule has 33 heavy (non-hydrogen) atoms. The highest BCUT2D eigenvalue weighted by Crippen LogP contribution is 2.30. The van der Waals surface area contributed by atoms with Crippen LogP contribution in [0.2, 0.25) is 0 Å². The highest BCUT2D eigenvalue weighted by Gasteiger charge is 2.23. The minimum atomic E-state index is -0.706. The second kappa shape index (κ2) is 8.19. The minimum Gasteiger partial charge on any atom is -0.415 e. The second-order valence-corrected chi connectivity index (χ2v) is 8.75. The Morgan fingerprint density at radius 1 is 1.06 bits per heavy atom. The van der Waals surface area contributed by atoms with Crippen LogP contribution >= 0.6 is 0 Å². The molecule has 1 N–H and O–H groups in total. The van der Waals surface area contributed by atoms with Gasteiger partial charge in [0, 0.05) is 36.3 Å². The first-order valence-corrected chi connectivity index (χ1v) is 10.8. The Labute approximate surface area is 191 Å². The van der Waals surface area contributed by atoms with Crippen LogP contribution in [-0.2, 0) is 5.41 Å². The van der Waals surface area contributed by atoms with Crippen molar-refractivity contribution in [1.29, 1.82) is 5.26 Å². The van der Waals surface area contributed by atoms with Gasteiger partial charge in [-0.25, -0.2) is 4.98 Å². The molecular weight excluding hydrogens is 414 g/mol. The maximum atomic E-state index is 9.45. The number of pyridine rings is 1. The number of nitrogens with one attached hydrogen (secondary N) is 1. The van der Waals surface area contributed by atoms with Gasteiger partial charge in [-0.1, -0.05) is 12.1 Å². The van der Waals surface area contributed by atoms with E-state index < -0.39 is 5.41 Å². The lowest BCUT2D eigenvalue weighted by Gasteiger charge is -2.27. The summed E-state index contributed by atoms with van der Waals surface area (Å²) in [5.74, 6) is 1.29. The van der Waals surface area contributed by atoms with Crippen LogP contribution in [-0.4, -0.2) is 38.2 Å². The van der Waals surface area contributed by atoms with Gasteiger partial charge in [0.25, 0.3) is 5.89 Å². The van der Waals surface area contributed by atoms with Crippen molar-refractivity contribution < 1.29 is 4.42 Å². The fraction of sp³-hybridized carbons (Fsp3) is 0.280. The number of hydrogen-bond donors (Lipinski definition) is 1. The molecular formula is C25H23N7O. The lowest BCUT2D eigenvalue weighted by atomic mass is 9.90. The smallest absolute Gasteiger partial charge is 0.268 e. The highest BCUT2D eigenvalue weighted by molar-refractivity contribution is 5.64. The summed E-state index contributed by atoms with van der Waals surface area (Å²) >= 11 is 0. The molecule has 0 amide bonds. The van der Waals surface area contributed by atoms with E-state index in [1.165, 1.54) is 5.56 Å². The number of hydrogen-bond acceptors (Lipinski definition) is 8. The number of rotatable bonds is 5. The van der Waals surface area contributed by atoms with E-state index in [4.69, 9.17) is 9.40 Å². The molecule has 3 aromatic heterocycles. The summed E-state index contributed by atoms with van der Waals surface area (Å²) in [5, 5.41) is 21.3. The van der Waals surface area contributed by atoms with E-state index in [-0.39, 0.29) is 0 Å².